The second kappa shape index (κ2) is 7.74. The smallest absolute Gasteiger partial charge is 0.0912 e. The van der Waals surface area contributed by atoms with E-state index in [1.807, 2.05) is 0 Å². The average molecular weight is 309 g/mol. The van der Waals surface area contributed by atoms with E-state index < -0.39 is 0 Å². The minimum atomic E-state index is -0.262. The van der Waals surface area contributed by atoms with Crippen molar-refractivity contribution in [2.24, 2.45) is 0 Å². The molecule has 1 atom stereocenters. The van der Waals surface area contributed by atoms with Crippen molar-refractivity contribution in [2.75, 3.05) is 32.9 Å². The Labute approximate surface area is 131 Å². The van der Waals surface area contributed by atoms with Crippen molar-refractivity contribution in [3.05, 3.63) is 48.0 Å². The monoisotopic (exact) mass is 308 g/mol. The number of benzene rings is 2. The quantitative estimate of drug-likeness (QED) is 0.929. The van der Waals surface area contributed by atoms with E-state index >= 15 is 0 Å². The van der Waals surface area contributed by atoms with Gasteiger partial charge >= 0.3 is 0 Å². The van der Waals surface area contributed by atoms with Crippen LogP contribution in [0.1, 0.15) is 18.0 Å². The van der Waals surface area contributed by atoms with Gasteiger partial charge in [-0.05, 0) is 28.8 Å². The number of alkyl halides is 1. The molecule has 0 spiro atoms. The van der Waals surface area contributed by atoms with Crippen LogP contribution in [0.25, 0.3) is 10.8 Å². The molecule has 3 rings (SSSR count). The van der Waals surface area contributed by atoms with Gasteiger partial charge in [-0.15, -0.1) is 12.4 Å². The fourth-order valence-corrected chi connectivity index (χ4v) is 3.07. The zero-order valence-corrected chi connectivity index (χ0v) is 12.9. The Hall–Kier alpha value is -1.16. The first-order valence-corrected chi connectivity index (χ1v) is 7.38. The maximum absolute atomic E-state index is 13.0. The molecule has 1 N–H and O–H groups in total. The summed E-state index contributed by atoms with van der Waals surface area (Å²) in [5, 5.41) is 5.84. The Morgan fingerprint density at radius 1 is 1.05 bits per heavy atom. The number of halogens is 2. The van der Waals surface area contributed by atoms with E-state index in [1.54, 1.807) is 0 Å². The molecule has 0 aliphatic carbocycles. The summed E-state index contributed by atoms with van der Waals surface area (Å²) >= 11 is 0. The number of hydrogen-bond acceptors (Lipinski definition) is 2. The molecule has 1 saturated heterocycles. The predicted octanol–water partition coefficient (Wildman–Crippen LogP) is 3.57. The summed E-state index contributed by atoms with van der Waals surface area (Å²) in [6, 6.07) is 15.1. The molecule has 1 fully saturated rings. The summed E-state index contributed by atoms with van der Waals surface area (Å²) in [4.78, 5) is 2.40. The standard InChI is InChI=1S/C17H21FN2.ClH/c18-8-7-17(20-11-9-19-10-12-20)16-6-5-14-3-1-2-4-15(14)13-16;/h1-6,13,17,19H,7-12H2;1H/t17-;/m0./s1. The first-order valence-electron chi connectivity index (χ1n) is 7.38. The second-order valence-electron chi connectivity index (χ2n) is 5.39. The Balaban J connectivity index is 0.00000161. The molecule has 0 amide bonds. The molecule has 0 radical (unpaired) electrons. The summed E-state index contributed by atoms with van der Waals surface area (Å²) in [6.45, 7) is 3.73. The number of nitrogens with one attached hydrogen (secondary N) is 1. The normalized spacial score (nSPS) is 17.4. The molecule has 0 unspecified atom stereocenters. The van der Waals surface area contributed by atoms with Crippen molar-refractivity contribution < 1.29 is 4.39 Å². The van der Waals surface area contributed by atoms with E-state index in [4.69, 9.17) is 0 Å². The van der Waals surface area contributed by atoms with Gasteiger partial charge in [0.05, 0.1) is 6.67 Å². The molecule has 0 aromatic heterocycles. The number of fused-ring (bicyclic) bond motifs is 1. The number of rotatable bonds is 4. The Morgan fingerprint density at radius 3 is 2.48 bits per heavy atom. The van der Waals surface area contributed by atoms with Gasteiger partial charge in [0, 0.05) is 32.2 Å². The molecule has 0 saturated carbocycles. The van der Waals surface area contributed by atoms with Crippen LogP contribution >= 0.6 is 12.4 Å². The number of hydrogen-bond donors (Lipinski definition) is 1. The topological polar surface area (TPSA) is 15.3 Å². The van der Waals surface area contributed by atoms with Crippen molar-refractivity contribution in [1.82, 2.24) is 10.2 Å². The number of nitrogens with zero attached hydrogens (tertiary/aromatic N) is 1. The highest BCUT2D eigenvalue weighted by Gasteiger charge is 2.21. The van der Waals surface area contributed by atoms with Crippen LogP contribution < -0.4 is 5.32 Å². The lowest BCUT2D eigenvalue weighted by molar-refractivity contribution is 0.157. The zero-order valence-electron chi connectivity index (χ0n) is 12.1. The number of piperazine rings is 1. The van der Waals surface area contributed by atoms with Gasteiger partial charge in [-0.2, -0.15) is 0 Å². The summed E-state index contributed by atoms with van der Waals surface area (Å²) in [7, 11) is 0. The fraction of sp³-hybridized carbons (Fsp3) is 0.412. The molecule has 2 nitrogen and oxygen atoms in total. The zero-order chi connectivity index (χ0) is 13.8. The summed E-state index contributed by atoms with van der Waals surface area (Å²) < 4.78 is 13.0. The van der Waals surface area contributed by atoms with Crippen molar-refractivity contribution in [1.29, 1.82) is 0 Å². The average Bonchev–Trinajstić information content (AvgIpc) is 2.53. The third kappa shape index (κ3) is 3.73. The van der Waals surface area contributed by atoms with E-state index in [1.165, 1.54) is 16.3 Å². The molecule has 114 valence electrons. The molecule has 4 heteroatoms. The summed E-state index contributed by atoms with van der Waals surface area (Å²) in [5.41, 5.74) is 1.24. The van der Waals surface area contributed by atoms with Crippen LogP contribution in [0.2, 0.25) is 0 Å². The van der Waals surface area contributed by atoms with Gasteiger partial charge in [-0.25, -0.2) is 0 Å². The highest BCUT2D eigenvalue weighted by atomic mass is 35.5. The maximum Gasteiger partial charge on any atom is 0.0912 e. The molecule has 0 bridgehead atoms. The Morgan fingerprint density at radius 2 is 1.76 bits per heavy atom. The van der Waals surface area contributed by atoms with Crippen LogP contribution in [0, 0.1) is 0 Å². The largest absolute Gasteiger partial charge is 0.314 e. The minimum Gasteiger partial charge on any atom is -0.314 e. The van der Waals surface area contributed by atoms with Crippen molar-refractivity contribution in [3.8, 4) is 0 Å². The summed E-state index contributed by atoms with van der Waals surface area (Å²) in [5.74, 6) is 0. The van der Waals surface area contributed by atoms with E-state index in [2.05, 4.69) is 52.7 Å². The molecule has 2 aromatic rings. The van der Waals surface area contributed by atoms with Crippen molar-refractivity contribution in [2.45, 2.75) is 12.5 Å². The minimum absolute atomic E-state index is 0. The van der Waals surface area contributed by atoms with Gasteiger partial charge < -0.3 is 5.32 Å². The van der Waals surface area contributed by atoms with Gasteiger partial charge in [-0.1, -0.05) is 36.4 Å². The third-order valence-electron chi connectivity index (χ3n) is 4.13. The predicted molar refractivity (Wildman–Crippen MR) is 89.0 cm³/mol. The summed E-state index contributed by atoms with van der Waals surface area (Å²) in [6.07, 6.45) is 0.582. The van der Waals surface area contributed by atoms with E-state index in [0.717, 1.165) is 26.2 Å². The van der Waals surface area contributed by atoms with Gasteiger partial charge in [-0.3, -0.25) is 9.29 Å². The van der Waals surface area contributed by atoms with Crippen molar-refractivity contribution >= 4 is 23.2 Å². The molecule has 2 aromatic carbocycles. The first kappa shape index (κ1) is 16.2. The lowest BCUT2D eigenvalue weighted by Gasteiger charge is -2.35. The van der Waals surface area contributed by atoms with Crippen LogP contribution in [0.3, 0.4) is 0 Å². The molecule has 21 heavy (non-hydrogen) atoms. The Kier molecular flexibility index (Phi) is 5.97. The van der Waals surface area contributed by atoms with E-state index in [0.29, 0.717) is 6.42 Å². The molecular formula is C17H22ClFN2. The van der Waals surface area contributed by atoms with Crippen LogP contribution in [-0.2, 0) is 0 Å². The lowest BCUT2D eigenvalue weighted by atomic mass is 9.98. The fourth-order valence-electron chi connectivity index (χ4n) is 3.07. The molecule has 1 aliphatic rings. The van der Waals surface area contributed by atoms with E-state index in [-0.39, 0.29) is 25.1 Å². The first-order chi connectivity index (χ1) is 9.88. The van der Waals surface area contributed by atoms with Gasteiger partial charge in [0.25, 0.3) is 0 Å². The highest BCUT2D eigenvalue weighted by molar-refractivity contribution is 5.85. The molecular weight excluding hydrogens is 287 g/mol. The van der Waals surface area contributed by atoms with Crippen LogP contribution in [0.15, 0.2) is 42.5 Å². The van der Waals surface area contributed by atoms with Crippen LogP contribution in [-0.4, -0.2) is 37.8 Å². The lowest BCUT2D eigenvalue weighted by Crippen LogP contribution is -2.45. The van der Waals surface area contributed by atoms with Gasteiger partial charge in [0.1, 0.15) is 0 Å². The van der Waals surface area contributed by atoms with Crippen LogP contribution in [0.5, 0.6) is 0 Å². The van der Waals surface area contributed by atoms with Gasteiger partial charge in [0.15, 0.2) is 0 Å². The van der Waals surface area contributed by atoms with Crippen molar-refractivity contribution in [3.63, 3.8) is 0 Å². The second-order valence-corrected chi connectivity index (χ2v) is 5.39. The third-order valence-corrected chi connectivity index (χ3v) is 4.13. The highest BCUT2D eigenvalue weighted by Crippen LogP contribution is 2.27. The molecule has 1 heterocycles. The Bertz CT molecular complexity index is 569. The SMILES string of the molecule is Cl.FCC[C@@H](c1ccc2ccccc2c1)N1CCNCC1. The van der Waals surface area contributed by atoms with E-state index in [9.17, 15) is 4.39 Å². The van der Waals surface area contributed by atoms with Gasteiger partial charge in [0.2, 0.25) is 0 Å². The maximum atomic E-state index is 13.0. The van der Waals surface area contributed by atoms with Crippen LogP contribution in [0.4, 0.5) is 4.39 Å². The molecule has 1 aliphatic heterocycles.